The highest BCUT2D eigenvalue weighted by Gasteiger charge is 2.14. The zero-order chi connectivity index (χ0) is 14.6. The van der Waals surface area contributed by atoms with Crippen LogP contribution in [-0.4, -0.2) is 19.3 Å². The molecule has 0 atom stereocenters. The van der Waals surface area contributed by atoms with Crippen molar-refractivity contribution in [3.63, 3.8) is 0 Å². The Balaban J connectivity index is 2.12. The fourth-order valence-corrected chi connectivity index (χ4v) is 2.55. The van der Waals surface area contributed by atoms with Gasteiger partial charge in [0, 0.05) is 11.8 Å². The van der Waals surface area contributed by atoms with Crippen molar-refractivity contribution in [2.45, 2.75) is 11.4 Å². The van der Waals surface area contributed by atoms with Gasteiger partial charge in [0.25, 0.3) is 0 Å². The molecule has 0 spiro atoms. The van der Waals surface area contributed by atoms with Crippen LogP contribution in [0.1, 0.15) is 16.1 Å². The third kappa shape index (κ3) is 3.40. The standard InChI is InChI=1S/C13H13N3O3S/c14-13(17)10-4-6-12(7-5-10)20(18,19)16-9-11-3-1-2-8-15-11/h1-8,16H,9H2,(H2,14,17). The van der Waals surface area contributed by atoms with Gasteiger partial charge in [-0.15, -0.1) is 0 Å². The van der Waals surface area contributed by atoms with Crippen LogP contribution in [0.2, 0.25) is 0 Å². The van der Waals surface area contributed by atoms with E-state index in [4.69, 9.17) is 5.73 Å². The first kappa shape index (κ1) is 14.2. The van der Waals surface area contributed by atoms with Crippen LogP contribution in [0.3, 0.4) is 0 Å². The number of hydrogen-bond acceptors (Lipinski definition) is 4. The molecule has 1 aromatic carbocycles. The number of hydrogen-bond donors (Lipinski definition) is 2. The average molecular weight is 291 g/mol. The summed E-state index contributed by atoms with van der Waals surface area (Å²) >= 11 is 0. The summed E-state index contributed by atoms with van der Waals surface area (Å²) in [5.74, 6) is -0.601. The maximum Gasteiger partial charge on any atom is 0.248 e. The van der Waals surface area contributed by atoms with Gasteiger partial charge in [-0.3, -0.25) is 9.78 Å². The summed E-state index contributed by atoms with van der Waals surface area (Å²) in [6, 6.07) is 10.7. The lowest BCUT2D eigenvalue weighted by Crippen LogP contribution is -2.23. The van der Waals surface area contributed by atoms with Crippen LogP contribution >= 0.6 is 0 Å². The van der Waals surface area contributed by atoms with Gasteiger partial charge in [-0.1, -0.05) is 6.07 Å². The monoisotopic (exact) mass is 291 g/mol. The number of carbonyl (C=O) groups excluding carboxylic acids is 1. The van der Waals surface area contributed by atoms with E-state index in [1.165, 1.54) is 24.3 Å². The molecule has 0 fully saturated rings. The Hall–Kier alpha value is -2.25. The Morgan fingerprint density at radius 1 is 1.15 bits per heavy atom. The second-order valence-electron chi connectivity index (χ2n) is 4.03. The van der Waals surface area contributed by atoms with E-state index >= 15 is 0 Å². The van der Waals surface area contributed by atoms with Gasteiger partial charge in [-0.05, 0) is 36.4 Å². The molecular weight excluding hydrogens is 278 g/mol. The van der Waals surface area contributed by atoms with E-state index in [-0.39, 0.29) is 17.0 Å². The minimum atomic E-state index is -3.64. The predicted octanol–water partition coefficient (Wildman–Crippen LogP) is 0.659. The van der Waals surface area contributed by atoms with E-state index < -0.39 is 15.9 Å². The Morgan fingerprint density at radius 3 is 2.40 bits per heavy atom. The first-order valence-corrected chi connectivity index (χ1v) is 7.27. The number of aromatic nitrogens is 1. The molecule has 1 heterocycles. The van der Waals surface area contributed by atoms with Crippen molar-refractivity contribution in [2.24, 2.45) is 5.73 Å². The highest BCUT2D eigenvalue weighted by molar-refractivity contribution is 7.89. The number of carbonyl (C=O) groups is 1. The van der Waals surface area contributed by atoms with Gasteiger partial charge in [0.1, 0.15) is 0 Å². The molecule has 6 nitrogen and oxygen atoms in total. The smallest absolute Gasteiger partial charge is 0.248 e. The minimum absolute atomic E-state index is 0.0680. The molecule has 1 amide bonds. The summed E-state index contributed by atoms with van der Waals surface area (Å²) < 4.78 is 26.5. The van der Waals surface area contributed by atoms with Crippen LogP contribution in [0.25, 0.3) is 0 Å². The van der Waals surface area contributed by atoms with Gasteiger partial charge in [0.2, 0.25) is 15.9 Å². The minimum Gasteiger partial charge on any atom is -0.366 e. The fourth-order valence-electron chi connectivity index (χ4n) is 1.55. The second kappa shape index (κ2) is 5.81. The van der Waals surface area contributed by atoms with Crippen molar-refractivity contribution >= 4 is 15.9 Å². The molecule has 20 heavy (non-hydrogen) atoms. The average Bonchev–Trinajstić information content (AvgIpc) is 2.46. The molecule has 0 saturated heterocycles. The molecule has 0 saturated carbocycles. The fraction of sp³-hybridized carbons (Fsp3) is 0.0769. The van der Waals surface area contributed by atoms with E-state index in [0.29, 0.717) is 5.69 Å². The van der Waals surface area contributed by atoms with Gasteiger partial charge in [0.15, 0.2) is 0 Å². The van der Waals surface area contributed by atoms with Crippen molar-refractivity contribution in [2.75, 3.05) is 0 Å². The number of nitrogens with two attached hydrogens (primary N) is 1. The molecule has 0 aliphatic heterocycles. The van der Waals surface area contributed by atoms with Gasteiger partial charge >= 0.3 is 0 Å². The van der Waals surface area contributed by atoms with E-state index in [1.54, 1.807) is 24.4 Å². The van der Waals surface area contributed by atoms with Gasteiger partial charge in [-0.2, -0.15) is 0 Å². The van der Waals surface area contributed by atoms with Crippen LogP contribution in [0, 0.1) is 0 Å². The predicted molar refractivity (Wildman–Crippen MR) is 73.2 cm³/mol. The SMILES string of the molecule is NC(=O)c1ccc(S(=O)(=O)NCc2ccccn2)cc1. The quantitative estimate of drug-likeness (QED) is 0.844. The van der Waals surface area contributed by atoms with Crippen molar-refractivity contribution in [1.29, 1.82) is 0 Å². The maximum atomic E-state index is 12.0. The molecule has 7 heteroatoms. The van der Waals surface area contributed by atoms with Gasteiger partial charge in [0.05, 0.1) is 17.1 Å². The number of nitrogens with zero attached hydrogens (tertiary/aromatic N) is 1. The third-order valence-electron chi connectivity index (χ3n) is 2.62. The highest BCUT2D eigenvalue weighted by atomic mass is 32.2. The van der Waals surface area contributed by atoms with Crippen LogP contribution in [0.5, 0.6) is 0 Å². The lowest BCUT2D eigenvalue weighted by Gasteiger charge is -2.06. The molecule has 0 aliphatic carbocycles. The summed E-state index contributed by atoms with van der Waals surface area (Å²) in [6.45, 7) is 0.0980. The van der Waals surface area contributed by atoms with Crippen molar-refractivity contribution < 1.29 is 13.2 Å². The highest BCUT2D eigenvalue weighted by Crippen LogP contribution is 2.10. The zero-order valence-corrected chi connectivity index (χ0v) is 11.3. The van der Waals surface area contributed by atoms with Gasteiger partial charge < -0.3 is 5.73 Å². The largest absolute Gasteiger partial charge is 0.366 e. The molecule has 0 unspecified atom stereocenters. The zero-order valence-electron chi connectivity index (χ0n) is 10.5. The first-order chi connectivity index (χ1) is 9.49. The summed E-state index contributed by atoms with van der Waals surface area (Å²) in [7, 11) is -3.64. The summed E-state index contributed by atoms with van der Waals surface area (Å²) in [4.78, 5) is 15.0. The van der Waals surface area contributed by atoms with Crippen LogP contribution < -0.4 is 10.5 Å². The maximum absolute atomic E-state index is 12.0. The molecule has 0 bridgehead atoms. The third-order valence-corrected chi connectivity index (χ3v) is 4.04. The van der Waals surface area contributed by atoms with E-state index in [2.05, 4.69) is 9.71 Å². The molecular formula is C13H13N3O3S. The van der Waals surface area contributed by atoms with Crippen LogP contribution in [0.15, 0.2) is 53.6 Å². The molecule has 0 radical (unpaired) electrons. The normalized spacial score (nSPS) is 11.2. The van der Waals surface area contributed by atoms with Gasteiger partial charge in [-0.25, -0.2) is 13.1 Å². The van der Waals surface area contributed by atoms with E-state index in [0.717, 1.165) is 0 Å². The Morgan fingerprint density at radius 2 is 1.85 bits per heavy atom. The van der Waals surface area contributed by atoms with Crippen LogP contribution in [-0.2, 0) is 16.6 Å². The summed E-state index contributed by atoms with van der Waals surface area (Å²) in [5, 5.41) is 0. The lowest BCUT2D eigenvalue weighted by atomic mass is 10.2. The van der Waals surface area contributed by atoms with Crippen molar-refractivity contribution in [3.05, 3.63) is 59.9 Å². The summed E-state index contributed by atoms with van der Waals surface area (Å²) in [5.41, 5.74) is 5.97. The van der Waals surface area contributed by atoms with E-state index in [1.807, 2.05) is 0 Å². The first-order valence-electron chi connectivity index (χ1n) is 5.78. The topological polar surface area (TPSA) is 102 Å². The molecule has 3 N–H and O–H groups in total. The summed E-state index contributed by atoms with van der Waals surface area (Å²) in [6.07, 6.45) is 1.59. The Kier molecular flexibility index (Phi) is 4.11. The lowest BCUT2D eigenvalue weighted by molar-refractivity contribution is 0.1000. The molecule has 2 aromatic rings. The molecule has 2 rings (SSSR count). The second-order valence-corrected chi connectivity index (χ2v) is 5.80. The van der Waals surface area contributed by atoms with E-state index in [9.17, 15) is 13.2 Å². The van der Waals surface area contributed by atoms with Crippen LogP contribution in [0.4, 0.5) is 0 Å². The van der Waals surface area contributed by atoms with Crippen molar-refractivity contribution in [3.8, 4) is 0 Å². The number of pyridine rings is 1. The molecule has 104 valence electrons. The number of nitrogens with one attached hydrogen (secondary N) is 1. The Labute approximate surface area is 116 Å². The molecule has 1 aromatic heterocycles. The number of primary amides is 1. The number of benzene rings is 1. The number of amides is 1. The van der Waals surface area contributed by atoms with Crippen molar-refractivity contribution in [1.82, 2.24) is 9.71 Å². The number of rotatable bonds is 5. The molecule has 0 aliphatic rings. The number of sulfonamides is 1. The Bertz CT molecular complexity index is 697.